The number of rotatable bonds is 5. The zero-order valence-corrected chi connectivity index (χ0v) is 14.3. The molecule has 0 saturated carbocycles. The van der Waals surface area contributed by atoms with E-state index in [2.05, 4.69) is 5.32 Å². The van der Waals surface area contributed by atoms with Crippen molar-refractivity contribution in [3.8, 4) is 0 Å². The first-order valence-corrected chi connectivity index (χ1v) is 8.33. The number of hydrogen-bond acceptors (Lipinski definition) is 6. The molecular weight excluding hydrogens is 322 g/mol. The average Bonchev–Trinajstić information content (AvgIpc) is 2.99. The van der Waals surface area contributed by atoms with Gasteiger partial charge in [0.2, 0.25) is 11.8 Å². The summed E-state index contributed by atoms with van der Waals surface area (Å²) in [6, 6.07) is -0.642. The number of carbonyl (C=O) groups excluding carboxylic acids is 4. The smallest absolute Gasteiger partial charge is 0.330 e. The number of nitrogens with one attached hydrogen (secondary N) is 1. The van der Waals surface area contributed by atoms with Crippen LogP contribution in [0.15, 0.2) is 0 Å². The molecule has 2 rings (SSSR count). The van der Waals surface area contributed by atoms with E-state index in [0.717, 1.165) is 0 Å². The summed E-state index contributed by atoms with van der Waals surface area (Å²) < 4.78 is 5.00. The first-order chi connectivity index (χ1) is 10.7. The molecule has 2 fully saturated rings. The zero-order valence-electron chi connectivity index (χ0n) is 13.5. The number of amides is 3. The maximum absolute atomic E-state index is 12.1. The average molecular weight is 343 g/mol. The zero-order chi connectivity index (χ0) is 17.2. The van der Waals surface area contributed by atoms with Gasteiger partial charge in [-0.1, -0.05) is 0 Å². The van der Waals surface area contributed by atoms with E-state index >= 15 is 0 Å². The summed E-state index contributed by atoms with van der Waals surface area (Å²) in [5.74, 6) is -0.960. The second-order valence-electron chi connectivity index (χ2n) is 5.94. The van der Waals surface area contributed by atoms with Crippen LogP contribution in [-0.2, 0) is 23.9 Å². The van der Waals surface area contributed by atoms with Crippen LogP contribution in [0.4, 0.5) is 0 Å². The van der Waals surface area contributed by atoms with Crippen LogP contribution in [0.5, 0.6) is 0 Å². The number of likely N-dealkylation sites (N-methyl/N-ethyl adjacent to an activating group) is 1. The Bertz CT molecular complexity index is 539. The molecule has 0 aromatic carbocycles. The number of thioether (sulfide) groups is 1. The fraction of sp³-hybridized carbons (Fsp3) is 0.714. The monoisotopic (exact) mass is 343 g/mol. The predicted molar refractivity (Wildman–Crippen MR) is 83.4 cm³/mol. The Morgan fingerprint density at radius 1 is 1.43 bits per heavy atom. The topological polar surface area (TPSA) is 96.0 Å². The largest absolute Gasteiger partial charge is 0.454 e. The highest BCUT2D eigenvalue weighted by Crippen LogP contribution is 2.47. The molecule has 2 saturated heterocycles. The van der Waals surface area contributed by atoms with Crippen LogP contribution in [0.2, 0.25) is 0 Å². The first-order valence-electron chi connectivity index (χ1n) is 7.34. The normalized spacial score (nSPS) is 26.0. The molecule has 0 aromatic heterocycles. The van der Waals surface area contributed by atoms with Gasteiger partial charge in [-0.25, -0.2) is 4.79 Å². The van der Waals surface area contributed by atoms with Crippen molar-refractivity contribution in [1.29, 1.82) is 0 Å². The molecule has 0 radical (unpaired) electrons. The lowest BCUT2D eigenvalue weighted by atomic mass is 10.2. The number of hydrogen-bond donors (Lipinski definition) is 1. The molecule has 2 atom stereocenters. The second kappa shape index (κ2) is 6.77. The predicted octanol–water partition coefficient (Wildman–Crippen LogP) is -0.812. The van der Waals surface area contributed by atoms with Crippen LogP contribution in [0.1, 0.15) is 19.8 Å². The molecule has 0 bridgehead atoms. The van der Waals surface area contributed by atoms with E-state index < -0.39 is 24.5 Å². The molecule has 0 aromatic rings. The summed E-state index contributed by atoms with van der Waals surface area (Å²) in [4.78, 5) is 49.6. The van der Waals surface area contributed by atoms with Crippen molar-refractivity contribution >= 4 is 35.5 Å². The maximum atomic E-state index is 12.1. The summed E-state index contributed by atoms with van der Waals surface area (Å²) in [5.41, 5.74) is 0. The highest BCUT2D eigenvalue weighted by molar-refractivity contribution is 8.01. The van der Waals surface area contributed by atoms with Crippen molar-refractivity contribution in [2.45, 2.75) is 30.7 Å². The summed E-state index contributed by atoms with van der Waals surface area (Å²) >= 11 is 1.56. The van der Waals surface area contributed by atoms with Crippen molar-refractivity contribution in [3.63, 3.8) is 0 Å². The molecule has 23 heavy (non-hydrogen) atoms. The first kappa shape index (κ1) is 17.6. The van der Waals surface area contributed by atoms with Crippen LogP contribution in [0.25, 0.3) is 0 Å². The lowest BCUT2D eigenvalue weighted by Gasteiger charge is -2.29. The van der Waals surface area contributed by atoms with Crippen molar-refractivity contribution in [2.24, 2.45) is 0 Å². The Morgan fingerprint density at radius 2 is 2.13 bits per heavy atom. The minimum atomic E-state index is -0.642. The van der Waals surface area contributed by atoms with Gasteiger partial charge in [0.1, 0.15) is 6.04 Å². The molecule has 2 aliphatic rings. The van der Waals surface area contributed by atoms with Crippen molar-refractivity contribution in [3.05, 3.63) is 0 Å². The number of ether oxygens (including phenoxy) is 1. The SMILES string of the molecule is CN(C)C(=O)CNC(=O)COC(=O)[C@@H]1CS[C@]2(C)CCC(=O)N12. The molecule has 2 heterocycles. The van der Waals surface area contributed by atoms with E-state index in [1.807, 2.05) is 6.92 Å². The minimum Gasteiger partial charge on any atom is -0.454 e. The van der Waals surface area contributed by atoms with Crippen LogP contribution < -0.4 is 5.32 Å². The minimum absolute atomic E-state index is 0.0551. The van der Waals surface area contributed by atoms with Crippen molar-refractivity contribution < 1.29 is 23.9 Å². The number of nitrogens with zero attached hydrogens (tertiary/aromatic N) is 2. The molecule has 0 aliphatic carbocycles. The van der Waals surface area contributed by atoms with Gasteiger partial charge in [0, 0.05) is 26.3 Å². The second-order valence-corrected chi connectivity index (χ2v) is 7.44. The Balaban J connectivity index is 1.80. The molecule has 128 valence electrons. The van der Waals surface area contributed by atoms with E-state index in [4.69, 9.17) is 4.74 Å². The van der Waals surface area contributed by atoms with Crippen molar-refractivity contribution in [1.82, 2.24) is 15.1 Å². The van der Waals surface area contributed by atoms with Gasteiger partial charge in [0.05, 0.1) is 11.4 Å². The fourth-order valence-corrected chi connectivity index (χ4v) is 4.03. The molecule has 2 aliphatic heterocycles. The van der Waals surface area contributed by atoms with E-state index in [1.165, 1.54) is 4.90 Å². The van der Waals surface area contributed by atoms with Crippen LogP contribution >= 0.6 is 11.8 Å². The third-order valence-electron chi connectivity index (χ3n) is 4.00. The Hall–Kier alpha value is -1.77. The molecular formula is C14H21N3O5S. The summed E-state index contributed by atoms with van der Waals surface area (Å²) in [5, 5.41) is 2.38. The number of carbonyl (C=O) groups is 4. The van der Waals surface area contributed by atoms with Crippen LogP contribution in [0, 0.1) is 0 Å². The molecule has 9 heteroatoms. The highest BCUT2D eigenvalue weighted by atomic mass is 32.2. The van der Waals surface area contributed by atoms with Gasteiger partial charge < -0.3 is 19.9 Å². The van der Waals surface area contributed by atoms with E-state index in [9.17, 15) is 19.2 Å². The highest BCUT2D eigenvalue weighted by Gasteiger charge is 2.53. The van der Waals surface area contributed by atoms with Gasteiger partial charge in [-0.15, -0.1) is 11.8 Å². The number of esters is 1. The number of fused-ring (bicyclic) bond motifs is 1. The van der Waals surface area contributed by atoms with Gasteiger partial charge in [0.25, 0.3) is 5.91 Å². The van der Waals surface area contributed by atoms with E-state index in [1.54, 1.807) is 30.8 Å². The molecule has 0 unspecified atom stereocenters. The molecule has 8 nitrogen and oxygen atoms in total. The molecule has 0 spiro atoms. The van der Waals surface area contributed by atoms with Crippen LogP contribution in [0.3, 0.4) is 0 Å². The standard InChI is InChI=1S/C14H21N3O5S/c1-14-5-4-11(19)17(14)9(8-23-14)13(21)22-7-10(18)15-6-12(20)16(2)3/h9H,4-8H2,1-3H3,(H,15,18)/t9-,14+/m0/s1. The maximum Gasteiger partial charge on any atom is 0.330 e. The summed E-state index contributed by atoms with van der Waals surface area (Å²) in [7, 11) is 3.16. The fourth-order valence-electron chi connectivity index (χ4n) is 2.61. The van der Waals surface area contributed by atoms with Gasteiger partial charge in [-0.3, -0.25) is 14.4 Å². The summed E-state index contributed by atoms with van der Waals surface area (Å²) in [6.45, 7) is 1.33. The van der Waals surface area contributed by atoms with Gasteiger partial charge in [0.15, 0.2) is 6.61 Å². The third-order valence-corrected chi connectivity index (χ3v) is 5.50. The van der Waals surface area contributed by atoms with Crippen molar-refractivity contribution in [2.75, 3.05) is 33.0 Å². The van der Waals surface area contributed by atoms with Crippen LogP contribution in [-0.4, -0.2) is 77.4 Å². The van der Waals surface area contributed by atoms with E-state index in [-0.39, 0.29) is 23.2 Å². The van der Waals surface area contributed by atoms with Gasteiger partial charge in [-0.2, -0.15) is 0 Å². The Morgan fingerprint density at radius 3 is 2.78 bits per heavy atom. The lowest BCUT2D eigenvalue weighted by Crippen LogP contribution is -2.47. The lowest BCUT2D eigenvalue weighted by molar-refractivity contribution is -0.156. The van der Waals surface area contributed by atoms with E-state index in [0.29, 0.717) is 18.6 Å². The molecule has 1 N–H and O–H groups in total. The molecule has 3 amide bonds. The third kappa shape index (κ3) is 3.77. The van der Waals surface area contributed by atoms with Gasteiger partial charge in [-0.05, 0) is 13.3 Å². The Kier molecular flexibility index (Phi) is 5.18. The van der Waals surface area contributed by atoms with Gasteiger partial charge >= 0.3 is 5.97 Å². The summed E-state index contributed by atoms with van der Waals surface area (Å²) in [6.07, 6.45) is 1.15. The Labute approximate surface area is 138 Å². The quantitative estimate of drug-likeness (QED) is 0.656.